The second-order valence-electron chi connectivity index (χ2n) is 13.1. The quantitative estimate of drug-likeness (QED) is 0.615. The number of benzene rings is 1. The van der Waals surface area contributed by atoms with E-state index in [4.69, 9.17) is 4.98 Å². The summed E-state index contributed by atoms with van der Waals surface area (Å²) in [6.45, 7) is 5.39. The highest BCUT2D eigenvalue weighted by Gasteiger charge is 2.46. The second-order valence-corrected chi connectivity index (χ2v) is 13.1. The minimum absolute atomic E-state index is 0.111. The van der Waals surface area contributed by atoms with Gasteiger partial charge in [-0.1, -0.05) is 44.2 Å². The van der Waals surface area contributed by atoms with E-state index in [1.807, 2.05) is 12.9 Å². The monoisotopic (exact) mass is 517 g/mol. The first kappa shape index (κ1) is 25.1. The summed E-state index contributed by atoms with van der Waals surface area (Å²) in [5.74, 6) is 1.64. The van der Waals surface area contributed by atoms with Gasteiger partial charge in [-0.15, -0.1) is 0 Å². The van der Waals surface area contributed by atoms with Gasteiger partial charge in [0.15, 0.2) is 5.82 Å². The highest BCUT2D eigenvalue weighted by molar-refractivity contribution is 6.45. The van der Waals surface area contributed by atoms with Gasteiger partial charge in [0.25, 0.3) is 5.56 Å². The maximum absolute atomic E-state index is 14.3. The molecule has 38 heavy (non-hydrogen) atoms. The van der Waals surface area contributed by atoms with Gasteiger partial charge in [0.05, 0.1) is 11.0 Å². The zero-order chi connectivity index (χ0) is 25.8. The first-order chi connectivity index (χ1) is 18.6. The molecule has 5 fully saturated rings. The normalized spacial score (nSPS) is 33.0. The molecule has 4 saturated heterocycles. The third-order valence-corrected chi connectivity index (χ3v) is 10.7. The Bertz CT molecular complexity index is 1180. The van der Waals surface area contributed by atoms with E-state index >= 15 is 0 Å². The molecule has 7 nitrogen and oxygen atoms in total. The molecule has 1 saturated carbocycles. The molecule has 0 spiro atoms. The molecule has 4 aliphatic heterocycles. The lowest BCUT2D eigenvalue weighted by Crippen LogP contribution is -2.50. The van der Waals surface area contributed by atoms with E-state index in [9.17, 15) is 9.82 Å². The number of anilines is 1. The van der Waals surface area contributed by atoms with Crippen molar-refractivity contribution in [2.24, 2.45) is 11.8 Å². The molecule has 2 aromatic rings. The van der Waals surface area contributed by atoms with Crippen LogP contribution >= 0.6 is 0 Å². The van der Waals surface area contributed by atoms with Crippen LogP contribution in [0.5, 0.6) is 0 Å². The molecule has 1 N–H and O–H groups in total. The first-order valence-electron chi connectivity index (χ1n) is 15.5. The maximum atomic E-state index is 14.3. The SMILES string of the molecule is CB(O)N1CC2CN(c3nc4ccccc4n(C4C[C@H]5CC[C@@H](C4)N5C4CCCCCCC4)c3=O)CC2C1. The summed E-state index contributed by atoms with van der Waals surface area (Å²) in [6, 6.07) is 10.5. The zero-order valence-electron chi connectivity index (χ0n) is 23.0. The molecule has 1 aromatic heterocycles. The minimum Gasteiger partial charge on any atom is -0.437 e. The summed E-state index contributed by atoms with van der Waals surface area (Å²) < 4.78 is 2.16. The number of hydrogen-bond acceptors (Lipinski definition) is 6. The molecule has 5 heterocycles. The summed E-state index contributed by atoms with van der Waals surface area (Å²) >= 11 is 0. The Morgan fingerprint density at radius 3 is 2.11 bits per heavy atom. The minimum atomic E-state index is -0.395. The van der Waals surface area contributed by atoms with E-state index in [0.29, 0.717) is 29.7 Å². The van der Waals surface area contributed by atoms with Crippen molar-refractivity contribution >= 4 is 23.9 Å². The third-order valence-electron chi connectivity index (χ3n) is 10.7. The summed E-state index contributed by atoms with van der Waals surface area (Å²) in [5.41, 5.74) is 2.06. The van der Waals surface area contributed by atoms with Crippen LogP contribution in [-0.2, 0) is 0 Å². The number of piperidine rings is 1. The van der Waals surface area contributed by atoms with Crippen LogP contribution in [0.1, 0.15) is 76.7 Å². The van der Waals surface area contributed by atoms with Crippen molar-refractivity contribution in [3.8, 4) is 0 Å². The number of para-hydroxylation sites is 2. The highest BCUT2D eigenvalue weighted by atomic mass is 16.2. The molecule has 5 aliphatic rings. The fraction of sp³-hybridized carbons (Fsp3) is 0.733. The average Bonchev–Trinajstić information content (AvgIpc) is 3.54. The van der Waals surface area contributed by atoms with Crippen LogP contribution in [0.3, 0.4) is 0 Å². The van der Waals surface area contributed by atoms with Crippen molar-refractivity contribution in [1.82, 2.24) is 19.3 Å². The second kappa shape index (κ2) is 10.3. The van der Waals surface area contributed by atoms with Crippen LogP contribution in [-0.4, -0.2) is 75.6 Å². The van der Waals surface area contributed by atoms with Crippen molar-refractivity contribution in [1.29, 1.82) is 0 Å². The standard InChI is InChI=1S/C30H44BN5O2/c1-31(38)34-19-21-17-33(18-22(21)20-34)29-30(37)36(28-12-8-7-11-27(28)32-29)26-15-24-13-14-25(16-26)35(24)23-9-5-3-2-4-6-10-23/h7-8,11-12,21-26,38H,2-6,9-10,13-20H2,1H3/t21?,22?,24-,25+,26?. The van der Waals surface area contributed by atoms with Crippen LogP contribution in [0, 0.1) is 11.8 Å². The molecule has 1 aromatic carbocycles. The van der Waals surface area contributed by atoms with Crippen LogP contribution in [0.4, 0.5) is 5.82 Å². The van der Waals surface area contributed by atoms with Gasteiger partial charge >= 0.3 is 7.05 Å². The fourth-order valence-corrected chi connectivity index (χ4v) is 8.94. The molecule has 1 aliphatic carbocycles. The Morgan fingerprint density at radius 2 is 1.45 bits per heavy atom. The van der Waals surface area contributed by atoms with Crippen molar-refractivity contribution < 1.29 is 5.02 Å². The lowest BCUT2D eigenvalue weighted by molar-refractivity contribution is 0.0498. The van der Waals surface area contributed by atoms with Crippen LogP contribution in [0.25, 0.3) is 11.0 Å². The lowest BCUT2D eigenvalue weighted by atomic mass is 9.85. The molecule has 3 unspecified atom stereocenters. The van der Waals surface area contributed by atoms with Crippen LogP contribution < -0.4 is 10.5 Å². The Kier molecular flexibility index (Phi) is 6.77. The Labute approximate surface area is 227 Å². The van der Waals surface area contributed by atoms with E-state index in [1.165, 1.54) is 57.8 Å². The summed E-state index contributed by atoms with van der Waals surface area (Å²) in [6.07, 6.45) is 14.5. The van der Waals surface area contributed by atoms with Gasteiger partial charge in [-0.3, -0.25) is 9.69 Å². The topological polar surface area (TPSA) is 64.8 Å². The predicted octanol–water partition coefficient (Wildman–Crippen LogP) is 4.16. The summed E-state index contributed by atoms with van der Waals surface area (Å²) in [7, 11) is -0.395. The highest BCUT2D eigenvalue weighted by Crippen LogP contribution is 2.44. The Balaban J connectivity index is 1.17. The first-order valence-corrected chi connectivity index (χ1v) is 15.5. The van der Waals surface area contributed by atoms with E-state index in [1.54, 1.807) is 0 Å². The lowest BCUT2D eigenvalue weighted by Gasteiger charge is -2.45. The van der Waals surface area contributed by atoms with Gasteiger partial charge in [-0.2, -0.15) is 0 Å². The Morgan fingerprint density at radius 1 is 0.816 bits per heavy atom. The molecular formula is C30H44BN5O2. The molecule has 7 rings (SSSR count). The van der Waals surface area contributed by atoms with Crippen molar-refractivity contribution in [2.45, 2.75) is 102 Å². The summed E-state index contributed by atoms with van der Waals surface area (Å²) in [4.78, 5) is 26.6. The maximum Gasteiger partial charge on any atom is 0.376 e. The largest absolute Gasteiger partial charge is 0.437 e. The van der Waals surface area contributed by atoms with Crippen molar-refractivity contribution in [3.63, 3.8) is 0 Å². The van der Waals surface area contributed by atoms with Crippen molar-refractivity contribution in [3.05, 3.63) is 34.6 Å². The molecule has 5 atom stereocenters. The van der Waals surface area contributed by atoms with Crippen molar-refractivity contribution in [2.75, 3.05) is 31.1 Å². The van der Waals surface area contributed by atoms with Gasteiger partial charge in [-0.05, 0) is 82.4 Å². The van der Waals surface area contributed by atoms with Gasteiger partial charge in [0, 0.05) is 37.3 Å². The number of hydrogen-bond donors (Lipinski definition) is 1. The third kappa shape index (κ3) is 4.41. The molecule has 0 amide bonds. The summed E-state index contributed by atoms with van der Waals surface area (Å²) in [5, 5.41) is 10.1. The predicted molar refractivity (Wildman–Crippen MR) is 154 cm³/mol. The number of fused-ring (bicyclic) bond motifs is 4. The molecule has 0 radical (unpaired) electrons. The van der Waals surface area contributed by atoms with E-state index in [2.05, 4.69) is 37.4 Å². The molecule has 2 bridgehead atoms. The smallest absolute Gasteiger partial charge is 0.376 e. The van der Waals surface area contributed by atoms with Gasteiger partial charge in [0.2, 0.25) is 0 Å². The number of nitrogens with zero attached hydrogens (tertiary/aromatic N) is 5. The van der Waals surface area contributed by atoms with Crippen LogP contribution in [0.15, 0.2) is 29.1 Å². The van der Waals surface area contributed by atoms with Gasteiger partial charge in [0.1, 0.15) is 0 Å². The van der Waals surface area contributed by atoms with E-state index in [-0.39, 0.29) is 11.6 Å². The molecule has 8 heteroatoms. The van der Waals surface area contributed by atoms with Crippen LogP contribution in [0.2, 0.25) is 6.82 Å². The molecular weight excluding hydrogens is 473 g/mol. The van der Waals surface area contributed by atoms with Gasteiger partial charge < -0.3 is 19.3 Å². The van der Waals surface area contributed by atoms with E-state index in [0.717, 1.165) is 56.1 Å². The van der Waals surface area contributed by atoms with E-state index < -0.39 is 7.05 Å². The number of rotatable bonds is 4. The van der Waals surface area contributed by atoms with Gasteiger partial charge in [-0.25, -0.2) is 4.98 Å². The Hall–Kier alpha value is -1.90. The zero-order valence-corrected chi connectivity index (χ0v) is 23.0. The fourth-order valence-electron chi connectivity index (χ4n) is 8.94. The number of aromatic nitrogens is 2. The molecule has 204 valence electrons. The average molecular weight is 518 g/mol.